The van der Waals surface area contributed by atoms with Crippen LogP contribution in [0.2, 0.25) is 10.0 Å². The molecule has 0 heterocycles. The van der Waals surface area contributed by atoms with Gasteiger partial charge in [-0.25, -0.2) is 0 Å². The molecule has 0 aliphatic carbocycles. The molecule has 0 fully saturated rings. The Labute approximate surface area is 94.8 Å². The summed E-state index contributed by atoms with van der Waals surface area (Å²) in [6.45, 7) is 7.37. The summed E-state index contributed by atoms with van der Waals surface area (Å²) < 4.78 is 0. The number of rotatable bonds is 4. The molecule has 0 atom stereocenters. The molecule has 0 radical (unpaired) electrons. The summed E-state index contributed by atoms with van der Waals surface area (Å²) in [5.41, 5.74) is 2.12. The summed E-state index contributed by atoms with van der Waals surface area (Å²) in [5, 5.41) is 1.39. The average Bonchev–Trinajstić information content (AvgIpc) is 2.14. The average molecular weight is 227 g/mol. The quantitative estimate of drug-likeness (QED) is 0.666. The summed E-state index contributed by atoms with van der Waals surface area (Å²) in [5.74, 6) is 0. The molecule has 1 rings (SSSR count). The van der Waals surface area contributed by atoms with Gasteiger partial charge in [0, 0.05) is 10.0 Å². The molecule has 0 aliphatic heterocycles. The summed E-state index contributed by atoms with van der Waals surface area (Å²) in [4.78, 5) is 0. The zero-order valence-electron chi connectivity index (χ0n) is 7.89. The molecule has 0 saturated carbocycles. The molecule has 0 saturated heterocycles. The van der Waals surface area contributed by atoms with Gasteiger partial charge in [-0.15, -0.1) is 13.2 Å². The van der Waals surface area contributed by atoms with Crippen molar-refractivity contribution in [3.05, 3.63) is 58.6 Å². The Morgan fingerprint density at radius 3 is 1.71 bits per heavy atom. The maximum absolute atomic E-state index is 6.02. The van der Waals surface area contributed by atoms with Crippen LogP contribution in [-0.4, -0.2) is 0 Å². The number of allylic oxidation sites excluding steroid dienone is 2. The van der Waals surface area contributed by atoms with Crippen LogP contribution >= 0.6 is 23.2 Å². The van der Waals surface area contributed by atoms with Crippen molar-refractivity contribution in [2.24, 2.45) is 0 Å². The van der Waals surface area contributed by atoms with Crippen LogP contribution in [0, 0.1) is 0 Å². The van der Waals surface area contributed by atoms with Gasteiger partial charge in [-0.05, 0) is 30.0 Å². The van der Waals surface area contributed by atoms with Gasteiger partial charge in [0.25, 0.3) is 0 Å². The van der Waals surface area contributed by atoms with E-state index in [4.69, 9.17) is 23.2 Å². The second kappa shape index (κ2) is 5.23. The topological polar surface area (TPSA) is 0 Å². The molecule has 0 amide bonds. The van der Waals surface area contributed by atoms with Crippen LogP contribution in [0.3, 0.4) is 0 Å². The zero-order chi connectivity index (χ0) is 10.6. The van der Waals surface area contributed by atoms with Crippen LogP contribution in [0.15, 0.2) is 37.4 Å². The first-order valence-corrected chi connectivity index (χ1v) is 5.13. The number of halogens is 2. The van der Waals surface area contributed by atoms with Gasteiger partial charge in [-0.1, -0.05) is 41.4 Å². The minimum atomic E-state index is 0.697. The SMILES string of the molecule is C=CCc1cc(CC=C)c(Cl)cc1Cl. The van der Waals surface area contributed by atoms with E-state index < -0.39 is 0 Å². The van der Waals surface area contributed by atoms with E-state index in [1.807, 2.05) is 18.2 Å². The molecular weight excluding hydrogens is 215 g/mol. The van der Waals surface area contributed by atoms with Crippen LogP contribution in [0.1, 0.15) is 11.1 Å². The number of benzene rings is 1. The van der Waals surface area contributed by atoms with E-state index in [0.29, 0.717) is 10.0 Å². The number of hydrogen-bond acceptors (Lipinski definition) is 0. The molecule has 1 aromatic rings. The maximum atomic E-state index is 6.02. The predicted octanol–water partition coefficient (Wildman–Crippen LogP) is 4.45. The van der Waals surface area contributed by atoms with Gasteiger partial charge in [-0.2, -0.15) is 0 Å². The summed E-state index contributed by atoms with van der Waals surface area (Å²) in [6, 6.07) is 3.79. The molecule has 0 N–H and O–H groups in total. The molecule has 14 heavy (non-hydrogen) atoms. The van der Waals surface area contributed by atoms with E-state index in [-0.39, 0.29) is 0 Å². The standard InChI is InChI=1S/C12H12Cl2/c1-3-5-9-7-10(6-4-2)12(14)8-11(9)13/h3-4,7-8H,1-2,5-6H2. The highest BCUT2D eigenvalue weighted by Gasteiger charge is 2.04. The van der Waals surface area contributed by atoms with Crippen LogP contribution in [0.25, 0.3) is 0 Å². The largest absolute Gasteiger partial charge is 0.103 e. The highest BCUT2D eigenvalue weighted by Crippen LogP contribution is 2.26. The molecule has 0 bridgehead atoms. The monoisotopic (exact) mass is 226 g/mol. The molecule has 1 aromatic carbocycles. The second-order valence-electron chi connectivity index (χ2n) is 3.02. The minimum Gasteiger partial charge on any atom is -0.103 e. The van der Waals surface area contributed by atoms with Gasteiger partial charge in [0.15, 0.2) is 0 Å². The number of hydrogen-bond donors (Lipinski definition) is 0. The van der Waals surface area contributed by atoms with Crippen LogP contribution in [0.5, 0.6) is 0 Å². The molecule has 0 aliphatic rings. The van der Waals surface area contributed by atoms with Crippen LogP contribution in [0.4, 0.5) is 0 Å². The molecule has 2 heteroatoms. The third-order valence-electron chi connectivity index (χ3n) is 1.94. The van der Waals surface area contributed by atoms with Crippen molar-refractivity contribution in [2.45, 2.75) is 12.8 Å². The van der Waals surface area contributed by atoms with Gasteiger partial charge in [0.2, 0.25) is 0 Å². The Bertz CT molecular complexity index is 322. The van der Waals surface area contributed by atoms with E-state index in [1.54, 1.807) is 6.07 Å². The summed E-state index contributed by atoms with van der Waals surface area (Å²) in [6.07, 6.45) is 5.18. The Morgan fingerprint density at radius 2 is 1.36 bits per heavy atom. The molecule has 0 spiro atoms. The van der Waals surface area contributed by atoms with Gasteiger partial charge in [-0.3, -0.25) is 0 Å². The fraction of sp³-hybridized carbons (Fsp3) is 0.167. The van der Waals surface area contributed by atoms with Gasteiger partial charge >= 0.3 is 0 Å². The van der Waals surface area contributed by atoms with Gasteiger partial charge < -0.3 is 0 Å². The first-order valence-electron chi connectivity index (χ1n) is 4.37. The van der Waals surface area contributed by atoms with E-state index in [2.05, 4.69) is 13.2 Å². The van der Waals surface area contributed by atoms with Crippen molar-refractivity contribution >= 4 is 23.2 Å². The normalized spacial score (nSPS) is 9.86. The zero-order valence-corrected chi connectivity index (χ0v) is 9.41. The first kappa shape index (κ1) is 11.4. The van der Waals surface area contributed by atoms with E-state index in [0.717, 1.165) is 24.0 Å². The lowest BCUT2D eigenvalue weighted by Crippen LogP contribution is -1.89. The third-order valence-corrected chi connectivity index (χ3v) is 2.65. The van der Waals surface area contributed by atoms with Crippen molar-refractivity contribution < 1.29 is 0 Å². The minimum absolute atomic E-state index is 0.697. The summed E-state index contributed by atoms with van der Waals surface area (Å²) >= 11 is 12.0. The Hall–Kier alpha value is -0.720. The van der Waals surface area contributed by atoms with Crippen LogP contribution < -0.4 is 0 Å². The van der Waals surface area contributed by atoms with Crippen molar-refractivity contribution in [2.75, 3.05) is 0 Å². The Morgan fingerprint density at radius 1 is 0.929 bits per heavy atom. The Kier molecular flexibility index (Phi) is 4.24. The molecular formula is C12H12Cl2. The third kappa shape index (κ3) is 2.63. The molecule has 0 nitrogen and oxygen atoms in total. The predicted molar refractivity (Wildman–Crippen MR) is 64.3 cm³/mol. The fourth-order valence-electron chi connectivity index (χ4n) is 1.27. The second-order valence-corrected chi connectivity index (χ2v) is 3.84. The molecule has 74 valence electrons. The fourth-order valence-corrected chi connectivity index (χ4v) is 1.81. The smallest absolute Gasteiger partial charge is 0.0456 e. The van der Waals surface area contributed by atoms with Crippen molar-refractivity contribution in [1.82, 2.24) is 0 Å². The van der Waals surface area contributed by atoms with Crippen LogP contribution in [-0.2, 0) is 12.8 Å². The molecule has 0 aromatic heterocycles. The highest BCUT2D eigenvalue weighted by molar-refractivity contribution is 6.35. The van der Waals surface area contributed by atoms with E-state index >= 15 is 0 Å². The highest BCUT2D eigenvalue weighted by atomic mass is 35.5. The lowest BCUT2D eigenvalue weighted by atomic mass is 10.1. The van der Waals surface area contributed by atoms with Crippen molar-refractivity contribution in [1.29, 1.82) is 0 Å². The van der Waals surface area contributed by atoms with Crippen molar-refractivity contribution in [3.63, 3.8) is 0 Å². The van der Waals surface area contributed by atoms with Gasteiger partial charge in [0.05, 0.1) is 0 Å². The Balaban J connectivity index is 3.11. The lowest BCUT2D eigenvalue weighted by molar-refractivity contribution is 1.21. The molecule has 0 unspecified atom stereocenters. The van der Waals surface area contributed by atoms with Crippen molar-refractivity contribution in [3.8, 4) is 0 Å². The van der Waals surface area contributed by atoms with E-state index in [1.165, 1.54) is 0 Å². The lowest BCUT2D eigenvalue weighted by Gasteiger charge is -2.06. The first-order chi connectivity index (χ1) is 6.69. The van der Waals surface area contributed by atoms with E-state index in [9.17, 15) is 0 Å². The maximum Gasteiger partial charge on any atom is 0.0456 e. The van der Waals surface area contributed by atoms with Gasteiger partial charge in [0.1, 0.15) is 0 Å². The summed E-state index contributed by atoms with van der Waals surface area (Å²) in [7, 11) is 0.